The zero-order chi connectivity index (χ0) is 103. The number of benzene rings is 4. The van der Waals surface area contributed by atoms with Crippen LogP contribution in [0.5, 0.6) is 28.7 Å². The summed E-state index contributed by atoms with van der Waals surface area (Å²) in [5.41, 5.74) is 18.2. The van der Waals surface area contributed by atoms with Gasteiger partial charge in [-0.05, 0) is 159 Å². The molecule has 0 radical (unpaired) electrons. The van der Waals surface area contributed by atoms with Crippen molar-refractivity contribution in [2.75, 3.05) is 208 Å². The molecule has 2 fully saturated rings. The van der Waals surface area contributed by atoms with Crippen molar-refractivity contribution in [1.29, 1.82) is 0 Å². The molecule has 2 aliphatic heterocycles. The van der Waals surface area contributed by atoms with Gasteiger partial charge in [-0.1, -0.05) is 26.3 Å². The van der Waals surface area contributed by atoms with Gasteiger partial charge in [-0.3, -0.25) is 37.9 Å². The Morgan fingerprint density at radius 1 is 0.366 bits per heavy atom. The Hall–Kier alpha value is -17.5. The van der Waals surface area contributed by atoms with Crippen LogP contribution in [0.4, 0.5) is 86.4 Å². The molecule has 0 unspecified atom stereocenters. The summed E-state index contributed by atoms with van der Waals surface area (Å²) in [5.74, 6) is 3.06. The molecular weight excluding hydrogens is 1850 g/mol. The molecule has 12 aromatic heterocycles. The van der Waals surface area contributed by atoms with Crippen LogP contribution < -0.4 is 80.9 Å². The summed E-state index contributed by atoms with van der Waals surface area (Å²) in [6.07, 6.45) is 28.9. The number of nitrogens with zero attached hydrogens (tertiary/aromatic N) is 27. The third-order valence-electron chi connectivity index (χ3n) is 24.1. The maximum Gasteiger partial charge on any atom is 0.247 e. The van der Waals surface area contributed by atoms with Crippen LogP contribution >= 0.6 is 0 Å². The molecule has 16 aromatic rings. The maximum atomic E-state index is 12.3. The molecule has 145 heavy (non-hydrogen) atoms. The van der Waals surface area contributed by atoms with Crippen LogP contribution in [-0.2, 0) is 47.4 Å². The predicted molar refractivity (Wildman–Crippen MR) is 566 cm³/mol. The van der Waals surface area contributed by atoms with Crippen LogP contribution in [0.15, 0.2) is 222 Å². The number of aromatic nitrogens is 20. The van der Waals surface area contributed by atoms with Gasteiger partial charge in [0.25, 0.3) is 0 Å². The third kappa shape index (κ3) is 24.7. The zero-order valence-electron chi connectivity index (χ0n) is 84.1. The Balaban J connectivity index is 0.000000145. The lowest BCUT2D eigenvalue weighted by molar-refractivity contribution is -0.112. The summed E-state index contributed by atoms with van der Waals surface area (Å²) < 4.78 is 42.9. The molecule has 0 saturated carbocycles. The van der Waals surface area contributed by atoms with Crippen molar-refractivity contribution in [3.8, 4) is 73.8 Å². The Morgan fingerprint density at radius 2 is 0.683 bits per heavy atom. The van der Waals surface area contributed by atoms with Gasteiger partial charge in [0, 0.05) is 171 Å². The Morgan fingerprint density at radius 3 is 1.01 bits per heavy atom. The Bertz CT molecular complexity index is 7340. The number of methoxy groups -OCH3 is 4. The monoisotopic (exact) mass is 1970 g/mol. The van der Waals surface area contributed by atoms with E-state index in [1.165, 1.54) is 24.3 Å². The van der Waals surface area contributed by atoms with Crippen LogP contribution in [0.2, 0.25) is 0 Å². The normalized spacial score (nSPS) is 12.6. The van der Waals surface area contributed by atoms with Gasteiger partial charge in [-0.2, -0.15) is 20.4 Å². The quantitative estimate of drug-likeness (QED) is 0.0171. The minimum absolute atomic E-state index is 0.281. The van der Waals surface area contributed by atoms with Crippen molar-refractivity contribution in [3.63, 3.8) is 0 Å². The first kappa shape index (κ1) is 102. The van der Waals surface area contributed by atoms with Gasteiger partial charge in [-0.15, -0.1) is 20.4 Å². The largest absolute Gasteiger partial charge is 0.494 e. The van der Waals surface area contributed by atoms with Gasteiger partial charge in [-0.25, -0.2) is 38.0 Å². The molecule has 18 rings (SSSR count). The second-order valence-electron chi connectivity index (χ2n) is 35.0. The van der Waals surface area contributed by atoms with Gasteiger partial charge in [0.15, 0.2) is 0 Å². The summed E-state index contributed by atoms with van der Waals surface area (Å²) in [5, 5.41) is 60.4. The third-order valence-corrected chi connectivity index (χ3v) is 24.1. The van der Waals surface area contributed by atoms with E-state index in [0.29, 0.717) is 117 Å². The maximum absolute atomic E-state index is 12.3. The number of aryl methyl sites for hydroxylation is 4. The number of fused-ring (bicyclic) bond motifs is 4. The van der Waals surface area contributed by atoms with E-state index in [2.05, 4.69) is 170 Å². The number of carbonyl (C=O) groups is 4. The summed E-state index contributed by atoms with van der Waals surface area (Å²) in [6.45, 7) is 22.3. The SMILES string of the molecule is C=CC(=O)Nc1cc(Nc2ncc3ccc(-c4cnn(C)c4)n3n2)c(OC)cc1N(C)CCN(C)C.C=CC(=O)Nc1cc(Nc2ncc3ccc(-c4cnn(C)c4)n3n2)c(OC)cc1N1CCC(N(C)C)CC1.C=CC(=O)Nc1cc(Nc2ncc3ccc(-c4cnn(C)c4)n3n2)c(OC)cc1N1CCN(C)CC1.C=CC(=O)Nc1cc(Nc2ncc3ccc(-c4cnn(C)c4)n3n2)c(OC)cc1OCCN(C)C. The second kappa shape index (κ2) is 46.3. The van der Waals surface area contributed by atoms with E-state index >= 15 is 0 Å². The van der Waals surface area contributed by atoms with Gasteiger partial charge in [0.05, 0.1) is 185 Å². The fourth-order valence-electron chi connectivity index (χ4n) is 16.3. The lowest BCUT2D eigenvalue weighted by Crippen LogP contribution is -2.44. The highest BCUT2D eigenvalue weighted by molar-refractivity contribution is 6.05. The van der Waals surface area contributed by atoms with Crippen molar-refractivity contribution in [2.24, 2.45) is 28.2 Å². The Kier molecular flexibility index (Phi) is 32.5. The first-order valence-corrected chi connectivity index (χ1v) is 46.5. The predicted octanol–water partition coefficient (Wildman–Crippen LogP) is 12.2. The molecule has 0 spiro atoms. The standard InChI is InChI=1S/C27H33N9O2.C25H29N9O2.C25H31N9O2.C24H28N8O3/c1-6-26(37)30-21-13-22(25(38-5)14-24(21)35-11-9-19(10-12-35)33(2)3)31-27-28-16-20-7-8-23(36(20)32-27)18-15-29-34(4)17-18;1-5-24(35)28-19-12-20(23(36-4)13-22(19)33-10-8-31(2)9-11-33)29-25-26-15-18-6-7-21(34(18)30-25)17-14-27-32(3)16-17;1-7-24(35)28-19-12-20(23(36-6)13-22(19)32(4)11-10-31(2)3)29-25-26-15-18-8-9-21(34(18)30-25)17-14-27-33(5)16-17;1-6-23(33)27-19-11-18(21(34-5)12-22(19)35-10-9-30(2)3)28-24-25-14-17-7-8-20(32(17)29-24)16-13-26-31(4)15-16/h6-8,13-17,19H,1,9-12H2,2-5H3,(H,30,37)(H,31,32);5-7,12-16H,1,8-11H2,2-4H3,(H,28,35)(H,29,30);7-9,12-16H,1,10-11H2,2-6H3,(H,28,35)(H,29,30);6-8,11-15H,1,9-10H2,2-5H3,(H,27,33)(H,28,29). The highest BCUT2D eigenvalue weighted by Gasteiger charge is 2.29. The highest BCUT2D eigenvalue weighted by Crippen LogP contribution is 2.44. The van der Waals surface area contributed by atoms with Crippen LogP contribution in [0.1, 0.15) is 12.8 Å². The minimum Gasteiger partial charge on any atom is -0.494 e. The smallest absolute Gasteiger partial charge is 0.247 e. The number of hydrogen-bond donors (Lipinski definition) is 8. The summed E-state index contributed by atoms with van der Waals surface area (Å²) in [7, 11) is 30.2. The van der Waals surface area contributed by atoms with Gasteiger partial charge >= 0.3 is 0 Å². The average Bonchev–Trinajstić information content (AvgIpc) is 1.71. The molecular formula is C101H121N35O9. The van der Waals surface area contributed by atoms with E-state index in [0.717, 1.165) is 149 Å². The summed E-state index contributed by atoms with van der Waals surface area (Å²) >= 11 is 0. The van der Waals surface area contributed by atoms with E-state index in [-0.39, 0.29) is 23.6 Å². The highest BCUT2D eigenvalue weighted by atomic mass is 16.5. The molecule has 0 aliphatic carbocycles. The number of likely N-dealkylation sites (N-methyl/N-ethyl adjacent to an activating group) is 4. The van der Waals surface area contributed by atoms with Crippen molar-refractivity contribution < 1.29 is 42.9 Å². The zero-order valence-corrected chi connectivity index (χ0v) is 84.1. The second-order valence-corrected chi connectivity index (χ2v) is 35.0. The first-order chi connectivity index (χ1) is 70.0. The fraction of sp³-hybridized carbons (Fsp3) is 0.287. The van der Waals surface area contributed by atoms with Crippen LogP contribution in [-0.4, -0.2) is 297 Å². The van der Waals surface area contributed by atoms with E-state index < -0.39 is 0 Å². The molecule has 44 heteroatoms. The van der Waals surface area contributed by atoms with Crippen molar-refractivity contribution in [1.82, 2.24) is 117 Å². The van der Waals surface area contributed by atoms with E-state index in [1.807, 2.05) is 192 Å². The number of rotatable bonds is 35. The molecule has 4 amide bonds. The molecule has 2 saturated heterocycles. The molecule has 754 valence electrons. The number of hydrogen-bond acceptors (Lipinski definition) is 32. The topological polar surface area (TPSA) is 425 Å². The minimum atomic E-state index is -0.357. The summed E-state index contributed by atoms with van der Waals surface area (Å²) in [4.78, 5) is 81.9. The number of carbonyl (C=O) groups excluding carboxylic acids is 4. The van der Waals surface area contributed by atoms with E-state index in [9.17, 15) is 19.2 Å². The van der Waals surface area contributed by atoms with Crippen LogP contribution in [0.3, 0.4) is 0 Å². The molecule has 0 atom stereocenters. The Labute approximate surface area is 838 Å². The molecule has 14 heterocycles. The lowest BCUT2D eigenvalue weighted by atomic mass is 10.0. The molecule has 2 aliphatic rings. The number of anilines is 15. The number of amides is 4. The molecule has 4 aromatic carbocycles. The number of ether oxygens (including phenoxy) is 5. The van der Waals surface area contributed by atoms with Crippen LogP contribution in [0.25, 0.3) is 67.1 Å². The molecule has 0 bridgehead atoms. The van der Waals surface area contributed by atoms with Crippen LogP contribution in [0, 0.1) is 0 Å². The number of piperazine rings is 1. The first-order valence-electron chi connectivity index (χ1n) is 46.5. The number of nitrogens with one attached hydrogen (secondary N) is 8. The van der Waals surface area contributed by atoms with E-state index in [1.54, 1.807) is 113 Å². The van der Waals surface area contributed by atoms with Crippen molar-refractivity contribution >= 4 is 132 Å². The van der Waals surface area contributed by atoms with Crippen molar-refractivity contribution in [3.05, 3.63) is 222 Å². The molecule has 8 N–H and O–H groups in total. The number of piperidine rings is 1. The van der Waals surface area contributed by atoms with E-state index in [4.69, 9.17) is 33.9 Å². The summed E-state index contributed by atoms with van der Waals surface area (Å²) in [6, 6.07) is 31.0. The van der Waals surface area contributed by atoms with Gasteiger partial charge in [0.1, 0.15) is 35.4 Å². The van der Waals surface area contributed by atoms with Crippen molar-refractivity contribution in [2.45, 2.75) is 18.9 Å². The average molecular weight is 1970 g/mol. The lowest BCUT2D eigenvalue weighted by Gasteiger charge is -2.37. The van der Waals surface area contributed by atoms with Gasteiger partial charge in [0.2, 0.25) is 47.4 Å². The fourth-order valence-corrected chi connectivity index (χ4v) is 16.3. The van der Waals surface area contributed by atoms with Gasteiger partial charge < -0.3 is 101 Å². The molecule has 44 nitrogen and oxygen atoms in total.